The maximum Gasteiger partial charge on any atom is 0.354 e. The van der Waals surface area contributed by atoms with Gasteiger partial charge in [-0.25, -0.2) is 9.78 Å². The van der Waals surface area contributed by atoms with Crippen molar-refractivity contribution < 1.29 is 9.90 Å². The number of carboxylic acid groups (broad SMARTS) is 1. The van der Waals surface area contributed by atoms with E-state index in [-0.39, 0.29) is 5.69 Å². The summed E-state index contributed by atoms with van der Waals surface area (Å²) in [5.74, 6) is -0.254. The Morgan fingerprint density at radius 1 is 1.28 bits per heavy atom. The number of nitrogens with zero attached hydrogens (tertiary/aromatic N) is 2. The molecule has 4 heteroatoms. The predicted molar refractivity (Wildman–Crippen MR) is 69.8 cm³/mol. The first-order chi connectivity index (χ1) is 8.41. The summed E-state index contributed by atoms with van der Waals surface area (Å²) in [5.41, 5.74) is 3.84. The molecule has 0 amide bonds. The van der Waals surface area contributed by atoms with Crippen LogP contribution in [0, 0.1) is 20.8 Å². The summed E-state index contributed by atoms with van der Waals surface area (Å²) in [4.78, 5) is 15.7. The van der Waals surface area contributed by atoms with Gasteiger partial charge in [-0.05, 0) is 26.3 Å². The molecule has 2 rings (SSSR count). The lowest BCUT2D eigenvalue weighted by Crippen LogP contribution is -2.07. The van der Waals surface area contributed by atoms with Crippen molar-refractivity contribution in [1.29, 1.82) is 0 Å². The van der Waals surface area contributed by atoms with E-state index >= 15 is 0 Å². The smallest absolute Gasteiger partial charge is 0.354 e. The van der Waals surface area contributed by atoms with Crippen LogP contribution in [0.1, 0.15) is 27.4 Å². The molecule has 0 saturated carbocycles. The van der Waals surface area contributed by atoms with Crippen LogP contribution in [0.5, 0.6) is 0 Å². The number of imidazole rings is 1. The van der Waals surface area contributed by atoms with Crippen LogP contribution < -0.4 is 0 Å². The molecule has 1 N–H and O–H groups in total. The SMILES string of the molecule is Cc1ccc(-c2nc(C)n(C)c2C(=O)O)c(C)c1. The molecule has 1 aromatic heterocycles. The number of rotatable bonds is 2. The molecule has 0 fully saturated rings. The molecule has 2 aromatic rings. The second-order valence-corrected chi connectivity index (χ2v) is 4.54. The Bertz CT molecular complexity index is 627. The van der Waals surface area contributed by atoms with E-state index < -0.39 is 5.97 Å². The van der Waals surface area contributed by atoms with Crippen LogP contribution in [0.25, 0.3) is 11.3 Å². The number of benzene rings is 1. The molecule has 1 aromatic carbocycles. The van der Waals surface area contributed by atoms with Crippen molar-refractivity contribution in [1.82, 2.24) is 9.55 Å². The minimum absolute atomic E-state index is 0.236. The summed E-state index contributed by atoms with van der Waals surface area (Å²) in [6.07, 6.45) is 0. The number of aromatic carboxylic acids is 1. The van der Waals surface area contributed by atoms with Crippen LogP contribution in [0.15, 0.2) is 18.2 Å². The zero-order valence-corrected chi connectivity index (χ0v) is 11.0. The molecule has 0 spiro atoms. The maximum absolute atomic E-state index is 11.3. The lowest BCUT2D eigenvalue weighted by atomic mass is 10.0. The molecule has 0 aliphatic carbocycles. The molecule has 0 aliphatic rings. The van der Waals surface area contributed by atoms with E-state index in [4.69, 9.17) is 0 Å². The highest BCUT2D eigenvalue weighted by Gasteiger charge is 2.20. The fourth-order valence-electron chi connectivity index (χ4n) is 2.12. The van der Waals surface area contributed by atoms with Crippen LogP contribution in [0.3, 0.4) is 0 Å². The van der Waals surface area contributed by atoms with E-state index in [1.54, 1.807) is 18.5 Å². The topological polar surface area (TPSA) is 55.1 Å². The second kappa shape index (κ2) is 4.29. The molecule has 1 heterocycles. The van der Waals surface area contributed by atoms with Crippen LogP contribution in [-0.4, -0.2) is 20.6 Å². The van der Waals surface area contributed by atoms with Crippen molar-refractivity contribution in [2.75, 3.05) is 0 Å². The largest absolute Gasteiger partial charge is 0.477 e. The second-order valence-electron chi connectivity index (χ2n) is 4.54. The minimum Gasteiger partial charge on any atom is -0.477 e. The standard InChI is InChI=1S/C14H16N2O2/c1-8-5-6-11(9(2)7-8)12-13(14(17)18)16(4)10(3)15-12/h5-7H,1-4H3,(H,17,18). The maximum atomic E-state index is 11.3. The van der Waals surface area contributed by atoms with E-state index in [9.17, 15) is 9.90 Å². The molecule has 0 aliphatic heterocycles. The third kappa shape index (κ3) is 1.90. The Kier molecular flexibility index (Phi) is 2.95. The highest BCUT2D eigenvalue weighted by molar-refractivity contribution is 5.93. The van der Waals surface area contributed by atoms with Crippen LogP contribution in [-0.2, 0) is 7.05 Å². The first-order valence-corrected chi connectivity index (χ1v) is 5.76. The lowest BCUT2D eigenvalue weighted by Gasteiger charge is -2.06. The summed E-state index contributed by atoms with van der Waals surface area (Å²) in [6, 6.07) is 5.93. The monoisotopic (exact) mass is 244 g/mol. The predicted octanol–water partition coefficient (Wildman–Crippen LogP) is 2.71. The minimum atomic E-state index is -0.951. The number of carboxylic acids is 1. The van der Waals surface area contributed by atoms with Gasteiger partial charge in [0.25, 0.3) is 0 Å². The van der Waals surface area contributed by atoms with E-state index in [2.05, 4.69) is 4.98 Å². The molecule has 4 nitrogen and oxygen atoms in total. The number of carbonyl (C=O) groups is 1. The van der Waals surface area contributed by atoms with Gasteiger partial charge in [0.15, 0.2) is 5.69 Å². The number of hydrogen-bond donors (Lipinski definition) is 1. The van der Waals surface area contributed by atoms with Gasteiger partial charge in [0.2, 0.25) is 0 Å². The fraction of sp³-hybridized carbons (Fsp3) is 0.286. The van der Waals surface area contributed by atoms with Gasteiger partial charge < -0.3 is 9.67 Å². The molecule has 0 radical (unpaired) electrons. The fourth-order valence-corrected chi connectivity index (χ4v) is 2.12. The van der Waals surface area contributed by atoms with Crippen molar-refractivity contribution in [3.8, 4) is 11.3 Å². The Labute approximate surface area is 106 Å². The highest BCUT2D eigenvalue weighted by Crippen LogP contribution is 2.27. The number of aryl methyl sites for hydroxylation is 3. The normalized spacial score (nSPS) is 10.7. The summed E-state index contributed by atoms with van der Waals surface area (Å²) in [7, 11) is 1.72. The summed E-state index contributed by atoms with van der Waals surface area (Å²) >= 11 is 0. The van der Waals surface area contributed by atoms with Crippen molar-refractivity contribution in [3.63, 3.8) is 0 Å². The third-order valence-electron chi connectivity index (χ3n) is 3.16. The molecule has 0 bridgehead atoms. The molecule has 0 saturated heterocycles. The summed E-state index contributed by atoms with van der Waals surface area (Å²) in [5, 5.41) is 9.31. The van der Waals surface area contributed by atoms with Crippen LogP contribution in [0.2, 0.25) is 0 Å². The van der Waals surface area contributed by atoms with Crippen molar-refractivity contribution in [2.24, 2.45) is 7.05 Å². The zero-order valence-electron chi connectivity index (χ0n) is 11.0. The van der Waals surface area contributed by atoms with Crippen LogP contribution in [0.4, 0.5) is 0 Å². The van der Waals surface area contributed by atoms with Gasteiger partial charge >= 0.3 is 5.97 Å². The van der Waals surface area contributed by atoms with Gasteiger partial charge in [-0.15, -0.1) is 0 Å². The lowest BCUT2D eigenvalue weighted by molar-refractivity contribution is 0.0687. The van der Waals surface area contributed by atoms with E-state index in [1.807, 2.05) is 32.0 Å². The van der Waals surface area contributed by atoms with Crippen molar-refractivity contribution in [3.05, 3.63) is 40.8 Å². The third-order valence-corrected chi connectivity index (χ3v) is 3.16. The van der Waals surface area contributed by atoms with Gasteiger partial charge in [0.05, 0.1) is 0 Å². The quantitative estimate of drug-likeness (QED) is 0.883. The van der Waals surface area contributed by atoms with Gasteiger partial charge in [-0.1, -0.05) is 23.8 Å². The zero-order chi connectivity index (χ0) is 13.4. The van der Waals surface area contributed by atoms with E-state index in [0.717, 1.165) is 16.7 Å². The Morgan fingerprint density at radius 2 is 1.94 bits per heavy atom. The summed E-state index contributed by atoms with van der Waals surface area (Å²) < 4.78 is 1.61. The summed E-state index contributed by atoms with van der Waals surface area (Å²) in [6.45, 7) is 5.79. The molecular weight excluding hydrogens is 228 g/mol. The number of aromatic nitrogens is 2. The van der Waals surface area contributed by atoms with Gasteiger partial charge in [0, 0.05) is 12.6 Å². The molecule has 0 unspecified atom stereocenters. The number of hydrogen-bond acceptors (Lipinski definition) is 2. The molecular formula is C14H16N2O2. The Balaban J connectivity index is 2.71. The van der Waals surface area contributed by atoms with Crippen molar-refractivity contribution in [2.45, 2.75) is 20.8 Å². The molecule has 18 heavy (non-hydrogen) atoms. The van der Waals surface area contributed by atoms with E-state index in [1.165, 1.54) is 0 Å². The van der Waals surface area contributed by atoms with E-state index in [0.29, 0.717) is 11.5 Å². The molecule has 0 atom stereocenters. The first kappa shape index (κ1) is 12.4. The van der Waals surface area contributed by atoms with Gasteiger partial charge in [0.1, 0.15) is 11.5 Å². The average molecular weight is 244 g/mol. The Hall–Kier alpha value is -2.10. The highest BCUT2D eigenvalue weighted by atomic mass is 16.4. The van der Waals surface area contributed by atoms with Crippen molar-refractivity contribution >= 4 is 5.97 Å². The van der Waals surface area contributed by atoms with Crippen LogP contribution >= 0.6 is 0 Å². The average Bonchev–Trinajstić information content (AvgIpc) is 2.55. The van der Waals surface area contributed by atoms with Gasteiger partial charge in [-0.3, -0.25) is 0 Å². The Morgan fingerprint density at radius 3 is 2.50 bits per heavy atom. The first-order valence-electron chi connectivity index (χ1n) is 5.76. The molecule has 94 valence electrons. The van der Waals surface area contributed by atoms with Gasteiger partial charge in [-0.2, -0.15) is 0 Å².